The van der Waals surface area contributed by atoms with Crippen molar-refractivity contribution in [3.05, 3.63) is 28.2 Å². The highest BCUT2D eigenvalue weighted by molar-refractivity contribution is 9.10. The van der Waals surface area contributed by atoms with Crippen molar-refractivity contribution in [2.75, 3.05) is 25.5 Å². The summed E-state index contributed by atoms with van der Waals surface area (Å²) in [6, 6.07) is 7.56. The number of rotatable bonds is 3. The van der Waals surface area contributed by atoms with Gasteiger partial charge in [0.05, 0.1) is 17.8 Å². The molecule has 1 amide bonds. The van der Waals surface area contributed by atoms with Gasteiger partial charge < -0.3 is 10.2 Å². The van der Waals surface area contributed by atoms with Crippen molar-refractivity contribution in [2.45, 2.75) is 0 Å². The lowest BCUT2D eigenvalue weighted by Gasteiger charge is -2.19. The highest BCUT2D eigenvalue weighted by atomic mass is 79.9. The van der Waals surface area contributed by atoms with Crippen LogP contribution in [0.2, 0.25) is 0 Å². The van der Waals surface area contributed by atoms with Gasteiger partial charge in [-0.3, -0.25) is 4.79 Å². The number of hydrogen-bond donors (Lipinski definition) is 1. The first kappa shape index (κ1) is 12.5. The third-order valence-corrected chi connectivity index (χ3v) is 2.84. The second-order valence-corrected chi connectivity index (χ2v) is 4.13. The van der Waals surface area contributed by atoms with Crippen molar-refractivity contribution in [3.8, 4) is 6.07 Å². The van der Waals surface area contributed by atoms with E-state index in [-0.39, 0.29) is 12.5 Å². The SMILES string of the molecule is CNC(=O)CN(C)c1cccc(Br)c1C#N. The summed E-state index contributed by atoms with van der Waals surface area (Å²) in [6.07, 6.45) is 0. The summed E-state index contributed by atoms with van der Waals surface area (Å²) in [6.45, 7) is 0.224. The van der Waals surface area contributed by atoms with Gasteiger partial charge in [0.2, 0.25) is 5.91 Å². The van der Waals surface area contributed by atoms with Gasteiger partial charge in [0.15, 0.2) is 0 Å². The van der Waals surface area contributed by atoms with Crippen LogP contribution in [0, 0.1) is 11.3 Å². The molecule has 1 N–H and O–H groups in total. The van der Waals surface area contributed by atoms with Crippen LogP contribution in [0.15, 0.2) is 22.7 Å². The van der Waals surface area contributed by atoms with E-state index >= 15 is 0 Å². The molecule has 0 aliphatic carbocycles. The number of anilines is 1. The van der Waals surface area contributed by atoms with E-state index in [1.807, 2.05) is 12.1 Å². The molecule has 0 unspecified atom stereocenters. The van der Waals surface area contributed by atoms with Gasteiger partial charge in [0.25, 0.3) is 0 Å². The van der Waals surface area contributed by atoms with E-state index in [9.17, 15) is 4.79 Å². The summed E-state index contributed by atoms with van der Waals surface area (Å²) in [5.74, 6) is -0.0913. The minimum absolute atomic E-state index is 0.0913. The number of carbonyl (C=O) groups is 1. The second kappa shape index (κ2) is 5.52. The lowest BCUT2D eigenvalue weighted by molar-refractivity contribution is -0.119. The van der Waals surface area contributed by atoms with Gasteiger partial charge in [0.1, 0.15) is 6.07 Å². The Morgan fingerprint density at radius 2 is 2.31 bits per heavy atom. The molecule has 0 aliphatic heterocycles. The summed E-state index contributed by atoms with van der Waals surface area (Å²) >= 11 is 3.31. The summed E-state index contributed by atoms with van der Waals surface area (Å²) in [5, 5.41) is 11.6. The van der Waals surface area contributed by atoms with Crippen molar-refractivity contribution < 1.29 is 4.79 Å². The van der Waals surface area contributed by atoms with Crippen LogP contribution < -0.4 is 10.2 Å². The molecule has 0 fully saturated rings. The zero-order chi connectivity index (χ0) is 12.1. The Labute approximate surface area is 103 Å². The standard InChI is InChI=1S/C11H12BrN3O/c1-14-11(16)7-15(2)10-5-3-4-9(12)8(10)6-13/h3-5H,7H2,1-2H3,(H,14,16). The van der Waals surface area contributed by atoms with Crippen LogP contribution >= 0.6 is 15.9 Å². The molecule has 0 saturated heterocycles. The molecule has 0 spiro atoms. The first-order valence-electron chi connectivity index (χ1n) is 4.70. The average molecular weight is 282 g/mol. The van der Waals surface area contributed by atoms with Gasteiger partial charge >= 0.3 is 0 Å². The second-order valence-electron chi connectivity index (χ2n) is 3.28. The molecule has 0 radical (unpaired) electrons. The van der Waals surface area contributed by atoms with E-state index in [1.165, 1.54) is 0 Å². The predicted octanol–water partition coefficient (Wildman–Crippen LogP) is 1.50. The summed E-state index contributed by atoms with van der Waals surface area (Å²) in [4.78, 5) is 13.0. The van der Waals surface area contributed by atoms with Gasteiger partial charge in [-0.1, -0.05) is 6.07 Å². The molecule has 4 nitrogen and oxygen atoms in total. The smallest absolute Gasteiger partial charge is 0.239 e. The monoisotopic (exact) mass is 281 g/mol. The first-order valence-corrected chi connectivity index (χ1v) is 5.49. The maximum Gasteiger partial charge on any atom is 0.239 e. The van der Waals surface area contributed by atoms with Crippen LogP contribution in [0.5, 0.6) is 0 Å². The van der Waals surface area contributed by atoms with Crippen LogP contribution in [0.1, 0.15) is 5.56 Å². The van der Waals surface area contributed by atoms with Crippen molar-refractivity contribution in [1.29, 1.82) is 5.26 Å². The third-order valence-electron chi connectivity index (χ3n) is 2.17. The van der Waals surface area contributed by atoms with E-state index in [1.54, 1.807) is 25.1 Å². The lowest BCUT2D eigenvalue weighted by atomic mass is 10.2. The van der Waals surface area contributed by atoms with Gasteiger partial charge in [-0.25, -0.2) is 0 Å². The molecule has 5 heteroatoms. The van der Waals surface area contributed by atoms with E-state index in [0.717, 1.165) is 10.2 Å². The molecule has 16 heavy (non-hydrogen) atoms. The Bertz CT molecular complexity index is 439. The van der Waals surface area contributed by atoms with Gasteiger partial charge in [-0.05, 0) is 28.1 Å². The number of nitriles is 1. The number of carbonyl (C=O) groups excluding carboxylic acids is 1. The number of likely N-dealkylation sites (N-methyl/N-ethyl adjacent to an activating group) is 2. The number of amides is 1. The Balaban J connectivity index is 3.00. The first-order chi connectivity index (χ1) is 7.60. The highest BCUT2D eigenvalue weighted by Crippen LogP contribution is 2.25. The number of hydrogen-bond acceptors (Lipinski definition) is 3. The van der Waals surface area contributed by atoms with Crippen LogP contribution in [-0.2, 0) is 4.79 Å². The van der Waals surface area contributed by atoms with Crippen molar-refractivity contribution >= 4 is 27.5 Å². The third kappa shape index (κ3) is 2.74. The summed E-state index contributed by atoms with van der Waals surface area (Å²) in [5.41, 5.74) is 1.27. The van der Waals surface area contributed by atoms with Crippen LogP contribution in [0.3, 0.4) is 0 Å². The molecular formula is C11H12BrN3O. The quantitative estimate of drug-likeness (QED) is 0.914. The lowest BCUT2D eigenvalue weighted by Crippen LogP contribution is -2.33. The summed E-state index contributed by atoms with van der Waals surface area (Å²) < 4.78 is 0.733. The fraction of sp³-hybridized carbons (Fsp3) is 0.273. The molecule has 0 saturated carbocycles. The molecule has 0 atom stereocenters. The number of nitrogens with one attached hydrogen (secondary N) is 1. The average Bonchev–Trinajstić information content (AvgIpc) is 2.28. The Morgan fingerprint density at radius 3 is 2.88 bits per heavy atom. The maximum atomic E-state index is 11.2. The fourth-order valence-corrected chi connectivity index (χ4v) is 1.77. The van der Waals surface area contributed by atoms with E-state index in [0.29, 0.717) is 5.56 Å². The van der Waals surface area contributed by atoms with Gasteiger partial charge in [-0.2, -0.15) is 5.26 Å². The van der Waals surface area contributed by atoms with Crippen molar-refractivity contribution in [2.24, 2.45) is 0 Å². The molecule has 84 valence electrons. The summed E-state index contributed by atoms with van der Waals surface area (Å²) in [7, 11) is 3.36. The Kier molecular flexibility index (Phi) is 4.32. The minimum atomic E-state index is -0.0913. The largest absolute Gasteiger partial charge is 0.364 e. The fourth-order valence-electron chi connectivity index (χ4n) is 1.32. The Hall–Kier alpha value is -1.54. The molecule has 1 aromatic rings. The molecular weight excluding hydrogens is 270 g/mol. The Morgan fingerprint density at radius 1 is 1.62 bits per heavy atom. The zero-order valence-electron chi connectivity index (χ0n) is 9.12. The van der Waals surface area contributed by atoms with Crippen molar-refractivity contribution in [1.82, 2.24) is 5.32 Å². The van der Waals surface area contributed by atoms with Crippen LogP contribution in [0.25, 0.3) is 0 Å². The molecule has 0 aromatic heterocycles. The van der Waals surface area contributed by atoms with E-state index in [4.69, 9.17) is 5.26 Å². The molecule has 0 heterocycles. The van der Waals surface area contributed by atoms with Gasteiger partial charge in [0, 0.05) is 18.6 Å². The minimum Gasteiger partial charge on any atom is -0.364 e. The molecule has 1 rings (SSSR count). The number of halogens is 1. The van der Waals surface area contributed by atoms with Gasteiger partial charge in [-0.15, -0.1) is 0 Å². The topological polar surface area (TPSA) is 56.1 Å². The molecule has 1 aromatic carbocycles. The highest BCUT2D eigenvalue weighted by Gasteiger charge is 2.12. The zero-order valence-corrected chi connectivity index (χ0v) is 10.7. The van der Waals surface area contributed by atoms with Crippen LogP contribution in [-0.4, -0.2) is 26.5 Å². The number of nitrogens with zero attached hydrogens (tertiary/aromatic N) is 2. The maximum absolute atomic E-state index is 11.2. The van der Waals surface area contributed by atoms with Crippen LogP contribution in [0.4, 0.5) is 5.69 Å². The molecule has 0 aliphatic rings. The molecule has 0 bridgehead atoms. The normalized spacial score (nSPS) is 9.38. The van der Waals surface area contributed by atoms with E-state index < -0.39 is 0 Å². The number of benzene rings is 1. The van der Waals surface area contributed by atoms with Crippen molar-refractivity contribution in [3.63, 3.8) is 0 Å². The predicted molar refractivity (Wildman–Crippen MR) is 66.2 cm³/mol. The van der Waals surface area contributed by atoms with E-state index in [2.05, 4.69) is 27.3 Å².